The quantitative estimate of drug-likeness (QED) is 0.762. The SMILES string of the molecule is O=C(NCCS(=O)(=O)N1CCCCC1)NC1CCOCC1. The van der Waals surface area contributed by atoms with E-state index >= 15 is 0 Å². The van der Waals surface area contributed by atoms with Gasteiger partial charge in [0.15, 0.2) is 0 Å². The van der Waals surface area contributed by atoms with Crippen LogP contribution in [0.4, 0.5) is 4.79 Å². The lowest BCUT2D eigenvalue weighted by molar-refractivity contribution is 0.0801. The first kappa shape index (κ1) is 16.5. The summed E-state index contributed by atoms with van der Waals surface area (Å²) in [5, 5.41) is 5.47. The fourth-order valence-electron chi connectivity index (χ4n) is 2.64. The Kier molecular flexibility index (Phi) is 6.25. The topological polar surface area (TPSA) is 87.7 Å². The number of amides is 2. The molecule has 8 heteroatoms. The highest BCUT2D eigenvalue weighted by atomic mass is 32.2. The van der Waals surface area contributed by atoms with Crippen molar-refractivity contribution in [3.8, 4) is 0 Å². The standard InChI is InChI=1S/C13H25N3O4S/c17-13(15-12-4-9-20-10-5-12)14-6-11-21(18,19)16-7-2-1-3-8-16/h12H,1-11H2,(H2,14,15,17). The molecule has 0 unspecified atom stereocenters. The maximum absolute atomic E-state index is 12.1. The fourth-order valence-corrected chi connectivity index (χ4v) is 4.08. The second-order valence-electron chi connectivity index (χ2n) is 5.56. The van der Waals surface area contributed by atoms with Crippen LogP contribution in [0.3, 0.4) is 0 Å². The molecule has 2 aliphatic rings. The Morgan fingerprint density at radius 1 is 1.14 bits per heavy atom. The zero-order valence-electron chi connectivity index (χ0n) is 12.3. The van der Waals surface area contributed by atoms with E-state index in [0.29, 0.717) is 26.3 Å². The molecule has 0 bridgehead atoms. The molecule has 0 aromatic carbocycles. The van der Waals surface area contributed by atoms with Crippen molar-refractivity contribution in [2.24, 2.45) is 0 Å². The maximum Gasteiger partial charge on any atom is 0.315 e. The second kappa shape index (κ2) is 7.95. The molecule has 0 spiro atoms. The number of hydrogen-bond acceptors (Lipinski definition) is 4. The Balaban J connectivity index is 1.66. The lowest BCUT2D eigenvalue weighted by atomic mass is 10.1. The summed E-state index contributed by atoms with van der Waals surface area (Å²) in [6.07, 6.45) is 4.56. The fraction of sp³-hybridized carbons (Fsp3) is 0.923. The van der Waals surface area contributed by atoms with E-state index in [1.54, 1.807) is 0 Å². The molecular formula is C13H25N3O4S. The van der Waals surface area contributed by atoms with E-state index in [1.165, 1.54) is 4.31 Å². The number of nitrogens with zero attached hydrogens (tertiary/aromatic N) is 1. The normalized spacial score (nSPS) is 21.9. The number of sulfonamides is 1. The number of nitrogens with one attached hydrogen (secondary N) is 2. The molecule has 2 fully saturated rings. The molecule has 2 aliphatic heterocycles. The van der Waals surface area contributed by atoms with E-state index in [-0.39, 0.29) is 24.4 Å². The minimum atomic E-state index is -3.24. The molecule has 0 aromatic rings. The number of piperidine rings is 1. The molecule has 21 heavy (non-hydrogen) atoms. The zero-order chi connectivity index (χ0) is 15.1. The monoisotopic (exact) mass is 319 g/mol. The minimum Gasteiger partial charge on any atom is -0.381 e. The minimum absolute atomic E-state index is 0.0335. The average molecular weight is 319 g/mol. The van der Waals surface area contributed by atoms with Gasteiger partial charge in [-0.1, -0.05) is 6.42 Å². The summed E-state index contributed by atoms with van der Waals surface area (Å²) in [4.78, 5) is 11.7. The predicted molar refractivity (Wildman–Crippen MR) is 79.6 cm³/mol. The molecule has 7 nitrogen and oxygen atoms in total. The van der Waals surface area contributed by atoms with Crippen LogP contribution in [0, 0.1) is 0 Å². The van der Waals surface area contributed by atoms with E-state index < -0.39 is 10.0 Å². The van der Waals surface area contributed by atoms with Crippen molar-refractivity contribution < 1.29 is 17.9 Å². The van der Waals surface area contributed by atoms with Crippen LogP contribution < -0.4 is 10.6 Å². The highest BCUT2D eigenvalue weighted by molar-refractivity contribution is 7.89. The van der Waals surface area contributed by atoms with Gasteiger partial charge < -0.3 is 15.4 Å². The molecule has 0 aliphatic carbocycles. The van der Waals surface area contributed by atoms with Crippen LogP contribution in [0.2, 0.25) is 0 Å². The molecule has 0 radical (unpaired) electrons. The van der Waals surface area contributed by atoms with Crippen LogP contribution in [0.1, 0.15) is 32.1 Å². The smallest absolute Gasteiger partial charge is 0.315 e. The van der Waals surface area contributed by atoms with Gasteiger partial charge in [-0.2, -0.15) is 0 Å². The number of urea groups is 1. The van der Waals surface area contributed by atoms with E-state index in [1.807, 2.05) is 0 Å². The Morgan fingerprint density at radius 2 is 1.81 bits per heavy atom. The number of hydrogen-bond donors (Lipinski definition) is 2. The largest absolute Gasteiger partial charge is 0.381 e. The van der Waals surface area contributed by atoms with Crippen molar-refractivity contribution in [1.82, 2.24) is 14.9 Å². The number of ether oxygens (including phenoxy) is 1. The van der Waals surface area contributed by atoms with Crippen LogP contribution in [-0.2, 0) is 14.8 Å². The van der Waals surface area contributed by atoms with Gasteiger partial charge in [0.2, 0.25) is 10.0 Å². The third-order valence-electron chi connectivity index (χ3n) is 3.91. The molecule has 2 rings (SSSR count). The molecule has 2 amide bonds. The van der Waals surface area contributed by atoms with Crippen molar-refractivity contribution in [3.05, 3.63) is 0 Å². The van der Waals surface area contributed by atoms with E-state index in [2.05, 4.69) is 10.6 Å². The average Bonchev–Trinajstić information content (AvgIpc) is 2.49. The first-order valence-electron chi connectivity index (χ1n) is 7.68. The first-order chi connectivity index (χ1) is 10.1. The second-order valence-corrected chi connectivity index (χ2v) is 7.65. The molecule has 0 atom stereocenters. The summed E-state index contributed by atoms with van der Waals surface area (Å²) >= 11 is 0. The van der Waals surface area contributed by atoms with Gasteiger partial charge in [-0.05, 0) is 25.7 Å². The number of carbonyl (C=O) groups excluding carboxylic acids is 1. The van der Waals surface area contributed by atoms with Gasteiger partial charge in [0.05, 0.1) is 5.75 Å². The third-order valence-corrected chi connectivity index (χ3v) is 5.78. The number of rotatable bonds is 5. The van der Waals surface area contributed by atoms with Gasteiger partial charge in [-0.3, -0.25) is 0 Å². The lowest BCUT2D eigenvalue weighted by Crippen LogP contribution is -2.46. The van der Waals surface area contributed by atoms with Crippen LogP contribution in [0.25, 0.3) is 0 Å². The molecule has 2 N–H and O–H groups in total. The van der Waals surface area contributed by atoms with Crippen LogP contribution >= 0.6 is 0 Å². The van der Waals surface area contributed by atoms with Crippen LogP contribution in [-0.4, -0.2) is 63.4 Å². The third kappa shape index (κ3) is 5.44. The van der Waals surface area contributed by atoms with Gasteiger partial charge in [-0.15, -0.1) is 0 Å². The summed E-state index contributed by atoms with van der Waals surface area (Å²) in [5.41, 5.74) is 0. The molecular weight excluding hydrogens is 294 g/mol. The molecule has 0 saturated carbocycles. The van der Waals surface area contributed by atoms with Gasteiger partial charge in [-0.25, -0.2) is 17.5 Å². The van der Waals surface area contributed by atoms with Gasteiger partial charge in [0.1, 0.15) is 0 Å². The predicted octanol–water partition coefficient (Wildman–Crippen LogP) is 0.280. The highest BCUT2D eigenvalue weighted by Gasteiger charge is 2.23. The summed E-state index contributed by atoms with van der Waals surface area (Å²) in [7, 11) is -3.24. The van der Waals surface area contributed by atoms with Gasteiger partial charge in [0, 0.05) is 38.9 Å². The van der Waals surface area contributed by atoms with Crippen LogP contribution in [0.15, 0.2) is 0 Å². The van der Waals surface area contributed by atoms with E-state index in [0.717, 1.165) is 32.1 Å². The number of carbonyl (C=O) groups is 1. The Hall–Kier alpha value is -0.860. The molecule has 122 valence electrons. The van der Waals surface area contributed by atoms with Crippen molar-refractivity contribution in [3.63, 3.8) is 0 Å². The Morgan fingerprint density at radius 3 is 2.48 bits per heavy atom. The summed E-state index contributed by atoms with van der Waals surface area (Å²) in [6.45, 7) is 2.68. The summed E-state index contributed by atoms with van der Waals surface area (Å²) in [6, 6.07) is -0.173. The Bertz CT molecular complexity index is 429. The highest BCUT2D eigenvalue weighted by Crippen LogP contribution is 2.13. The molecule has 0 aromatic heterocycles. The van der Waals surface area contributed by atoms with Crippen molar-refractivity contribution in [2.45, 2.75) is 38.1 Å². The van der Waals surface area contributed by atoms with Crippen molar-refractivity contribution in [2.75, 3.05) is 38.6 Å². The van der Waals surface area contributed by atoms with Crippen molar-refractivity contribution >= 4 is 16.1 Å². The van der Waals surface area contributed by atoms with Crippen LogP contribution in [0.5, 0.6) is 0 Å². The maximum atomic E-state index is 12.1. The van der Waals surface area contributed by atoms with Gasteiger partial charge >= 0.3 is 6.03 Å². The molecule has 2 saturated heterocycles. The first-order valence-corrected chi connectivity index (χ1v) is 9.29. The summed E-state index contributed by atoms with van der Waals surface area (Å²) in [5.74, 6) is -0.0335. The lowest BCUT2D eigenvalue weighted by Gasteiger charge is -2.26. The van der Waals surface area contributed by atoms with Gasteiger partial charge in [0.25, 0.3) is 0 Å². The zero-order valence-corrected chi connectivity index (χ0v) is 13.2. The Labute approximate surface area is 126 Å². The van der Waals surface area contributed by atoms with Crippen molar-refractivity contribution in [1.29, 1.82) is 0 Å². The van der Waals surface area contributed by atoms with E-state index in [4.69, 9.17) is 4.74 Å². The van der Waals surface area contributed by atoms with E-state index in [9.17, 15) is 13.2 Å². The molecule has 2 heterocycles. The summed E-state index contributed by atoms with van der Waals surface area (Å²) < 4.78 is 30.9.